The number of methoxy groups -OCH3 is 1. The number of nitrogens with two attached hydrogens (primary N) is 1. The van der Waals surface area contributed by atoms with Gasteiger partial charge in [-0.05, 0) is 18.6 Å². The first-order valence-electron chi connectivity index (χ1n) is 7.14. The number of benzene rings is 1. The molecule has 0 spiro atoms. The summed E-state index contributed by atoms with van der Waals surface area (Å²) in [5, 5.41) is 1.21. The average molecular weight is 271 g/mol. The van der Waals surface area contributed by atoms with E-state index in [2.05, 4.69) is 34.1 Å². The van der Waals surface area contributed by atoms with Crippen molar-refractivity contribution in [1.82, 2.24) is 4.98 Å². The Morgan fingerprint density at radius 2 is 2.25 bits per heavy atom. The van der Waals surface area contributed by atoms with Gasteiger partial charge in [-0.25, -0.2) is 0 Å². The molecule has 106 valence electrons. The predicted molar refractivity (Wildman–Crippen MR) is 81.8 cm³/mol. The van der Waals surface area contributed by atoms with E-state index in [9.17, 15) is 0 Å². The third-order valence-corrected chi connectivity index (χ3v) is 3.99. The molecule has 4 nitrogen and oxygen atoms in total. The SMILES string of the molecule is COCC1CCN(c2cc(CN)nc3ccccc23)C1. The molecule has 0 saturated carbocycles. The zero-order valence-corrected chi connectivity index (χ0v) is 11.9. The van der Waals surface area contributed by atoms with Gasteiger partial charge in [0.1, 0.15) is 0 Å². The van der Waals surface area contributed by atoms with E-state index in [0.29, 0.717) is 12.5 Å². The van der Waals surface area contributed by atoms with Crippen LogP contribution in [-0.4, -0.2) is 31.8 Å². The quantitative estimate of drug-likeness (QED) is 0.926. The maximum absolute atomic E-state index is 5.78. The number of anilines is 1. The minimum atomic E-state index is 0.479. The number of aromatic nitrogens is 1. The van der Waals surface area contributed by atoms with Crippen molar-refractivity contribution in [2.24, 2.45) is 11.7 Å². The molecule has 4 heteroatoms. The molecule has 0 radical (unpaired) electrons. The molecule has 2 heterocycles. The van der Waals surface area contributed by atoms with E-state index in [4.69, 9.17) is 10.5 Å². The number of hydrogen-bond acceptors (Lipinski definition) is 4. The molecule has 1 fully saturated rings. The third-order valence-electron chi connectivity index (χ3n) is 3.99. The van der Waals surface area contributed by atoms with Crippen LogP contribution in [0.2, 0.25) is 0 Å². The highest BCUT2D eigenvalue weighted by Gasteiger charge is 2.24. The molecule has 2 N–H and O–H groups in total. The van der Waals surface area contributed by atoms with Gasteiger partial charge in [0.2, 0.25) is 0 Å². The maximum atomic E-state index is 5.78. The zero-order chi connectivity index (χ0) is 13.9. The number of para-hydroxylation sites is 1. The molecule has 0 amide bonds. The van der Waals surface area contributed by atoms with Crippen LogP contribution in [0.3, 0.4) is 0 Å². The van der Waals surface area contributed by atoms with Crippen LogP contribution in [0.15, 0.2) is 30.3 Å². The highest BCUT2D eigenvalue weighted by molar-refractivity contribution is 5.92. The van der Waals surface area contributed by atoms with Crippen molar-refractivity contribution in [3.05, 3.63) is 36.0 Å². The van der Waals surface area contributed by atoms with Crippen molar-refractivity contribution in [2.45, 2.75) is 13.0 Å². The Bertz CT molecular complexity index is 599. The number of pyridine rings is 1. The largest absolute Gasteiger partial charge is 0.384 e. The second-order valence-corrected chi connectivity index (χ2v) is 5.41. The summed E-state index contributed by atoms with van der Waals surface area (Å²) in [6.45, 7) is 3.44. The molecule has 20 heavy (non-hydrogen) atoms. The van der Waals surface area contributed by atoms with Crippen molar-refractivity contribution in [3.63, 3.8) is 0 Å². The third kappa shape index (κ3) is 2.49. The normalized spacial score (nSPS) is 18.9. The zero-order valence-electron chi connectivity index (χ0n) is 11.9. The van der Waals surface area contributed by atoms with Crippen LogP contribution in [0.1, 0.15) is 12.1 Å². The molecular formula is C16H21N3O. The highest BCUT2D eigenvalue weighted by atomic mass is 16.5. The Balaban J connectivity index is 1.98. The molecule has 1 aromatic heterocycles. The molecule has 1 aliphatic heterocycles. The number of rotatable bonds is 4. The maximum Gasteiger partial charge on any atom is 0.0726 e. The van der Waals surface area contributed by atoms with Gasteiger partial charge in [-0.3, -0.25) is 4.98 Å². The molecule has 3 rings (SSSR count). The van der Waals surface area contributed by atoms with Gasteiger partial charge in [-0.15, -0.1) is 0 Å². The lowest BCUT2D eigenvalue weighted by Crippen LogP contribution is -2.21. The average Bonchev–Trinajstić information content (AvgIpc) is 2.95. The minimum Gasteiger partial charge on any atom is -0.384 e. The summed E-state index contributed by atoms with van der Waals surface area (Å²) < 4.78 is 5.28. The van der Waals surface area contributed by atoms with Crippen molar-refractivity contribution in [1.29, 1.82) is 0 Å². The Labute approximate surface area is 119 Å². The second kappa shape index (κ2) is 5.77. The lowest BCUT2D eigenvalue weighted by molar-refractivity contribution is 0.161. The van der Waals surface area contributed by atoms with Crippen LogP contribution < -0.4 is 10.6 Å². The molecule has 0 bridgehead atoms. The van der Waals surface area contributed by atoms with Crippen LogP contribution in [-0.2, 0) is 11.3 Å². The van der Waals surface area contributed by atoms with E-state index in [1.165, 1.54) is 17.5 Å². The van der Waals surface area contributed by atoms with Gasteiger partial charge in [0.15, 0.2) is 0 Å². The summed E-state index contributed by atoms with van der Waals surface area (Å²) in [6, 6.07) is 10.4. The van der Waals surface area contributed by atoms with E-state index in [-0.39, 0.29) is 0 Å². The van der Waals surface area contributed by atoms with Gasteiger partial charge in [-0.2, -0.15) is 0 Å². The molecular weight excluding hydrogens is 250 g/mol. The molecule has 1 saturated heterocycles. The Morgan fingerprint density at radius 3 is 3.05 bits per heavy atom. The van der Waals surface area contributed by atoms with Crippen LogP contribution in [0.4, 0.5) is 5.69 Å². The van der Waals surface area contributed by atoms with Crippen LogP contribution in [0.25, 0.3) is 10.9 Å². The summed E-state index contributed by atoms with van der Waals surface area (Å²) in [6.07, 6.45) is 1.18. The monoisotopic (exact) mass is 271 g/mol. The number of fused-ring (bicyclic) bond motifs is 1. The standard InChI is InChI=1S/C16H21N3O/c1-20-11-12-6-7-19(10-12)16-8-13(9-17)18-15-5-3-2-4-14(15)16/h2-5,8,12H,6-7,9-11,17H2,1H3. The van der Waals surface area contributed by atoms with Crippen molar-refractivity contribution in [3.8, 4) is 0 Å². The summed E-state index contributed by atoms with van der Waals surface area (Å²) in [5.74, 6) is 0.619. The predicted octanol–water partition coefficient (Wildman–Crippen LogP) is 2.17. The molecule has 1 aliphatic rings. The van der Waals surface area contributed by atoms with Gasteiger partial charge < -0.3 is 15.4 Å². The fourth-order valence-electron chi connectivity index (χ4n) is 3.00. The van der Waals surface area contributed by atoms with Gasteiger partial charge in [0.05, 0.1) is 17.8 Å². The molecule has 1 aromatic carbocycles. The summed E-state index contributed by atoms with van der Waals surface area (Å²) >= 11 is 0. The van der Waals surface area contributed by atoms with Crippen LogP contribution >= 0.6 is 0 Å². The lowest BCUT2D eigenvalue weighted by Gasteiger charge is -2.21. The fourth-order valence-corrected chi connectivity index (χ4v) is 3.00. The van der Waals surface area contributed by atoms with Crippen LogP contribution in [0.5, 0.6) is 0 Å². The van der Waals surface area contributed by atoms with E-state index in [0.717, 1.165) is 30.9 Å². The van der Waals surface area contributed by atoms with E-state index in [1.54, 1.807) is 7.11 Å². The van der Waals surface area contributed by atoms with Gasteiger partial charge in [-0.1, -0.05) is 18.2 Å². The summed E-state index contributed by atoms with van der Waals surface area (Å²) in [7, 11) is 1.77. The van der Waals surface area contributed by atoms with E-state index < -0.39 is 0 Å². The van der Waals surface area contributed by atoms with Crippen molar-refractivity contribution >= 4 is 16.6 Å². The van der Waals surface area contributed by atoms with Gasteiger partial charge in [0, 0.05) is 43.7 Å². The molecule has 0 aliphatic carbocycles. The Kier molecular flexibility index (Phi) is 3.85. The van der Waals surface area contributed by atoms with Crippen molar-refractivity contribution in [2.75, 3.05) is 31.7 Å². The minimum absolute atomic E-state index is 0.479. The van der Waals surface area contributed by atoms with Gasteiger partial charge in [0.25, 0.3) is 0 Å². The number of hydrogen-bond donors (Lipinski definition) is 1. The fraction of sp³-hybridized carbons (Fsp3) is 0.438. The summed E-state index contributed by atoms with van der Waals surface area (Å²) in [5.41, 5.74) is 9.02. The van der Waals surface area contributed by atoms with E-state index in [1.807, 2.05) is 6.07 Å². The highest BCUT2D eigenvalue weighted by Crippen LogP contribution is 2.31. The first-order chi connectivity index (χ1) is 9.81. The second-order valence-electron chi connectivity index (χ2n) is 5.41. The molecule has 1 unspecified atom stereocenters. The molecule has 1 atom stereocenters. The smallest absolute Gasteiger partial charge is 0.0726 e. The van der Waals surface area contributed by atoms with E-state index >= 15 is 0 Å². The topological polar surface area (TPSA) is 51.4 Å². The molecule has 2 aromatic rings. The Hall–Kier alpha value is -1.65. The van der Waals surface area contributed by atoms with Crippen molar-refractivity contribution < 1.29 is 4.74 Å². The number of ether oxygens (including phenoxy) is 1. The summed E-state index contributed by atoms with van der Waals surface area (Å²) in [4.78, 5) is 7.04. The Morgan fingerprint density at radius 1 is 1.40 bits per heavy atom. The first kappa shape index (κ1) is 13.3. The first-order valence-corrected chi connectivity index (χ1v) is 7.14. The number of nitrogens with zero attached hydrogens (tertiary/aromatic N) is 2. The van der Waals surface area contributed by atoms with Crippen LogP contribution in [0, 0.1) is 5.92 Å². The van der Waals surface area contributed by atoms with Gasteiger partial charge >= 0.3 is 0 Å². The lowest BCUT2D eigenvalue weighted by atomic mass is 10.1.